The number of para-hydroxylation sites is 1. The predicted octanol–water partition coefficient (Wildman–Crippen LogP) is 4.84. The first-order chi connectivity index (χ1) is 17.6. The van der Waals surface area contributed by atoms with E-state index in [1.165, 1.54) is 6.42 Å². The second-order valence-electron chi connectivity index (χ2n) is 10.5. The monoisotopic (exact) mass is 488 g/mol. The second-order valence-corrected chi connectivity index (χ2v) is 10.5. The number of rotatable bonds is 5. The van der Waals surface area contributed by atoms with E-state index in [1.807, 2.05) is 54.6 Å². The third kappa shape index (κ3) is 4.96. The van der Waals surface area contributed by atoms with Crippen molar-refractivity contribution in [3.05, 3.63) is 65.7 Å². The minimum absolute atomic E-state index is 0.0369. The molecule has 2 fully saturated rings. The van der Waals surface area contributed by atoms with Gasteiger partial charge in [-0.2, -0.15) is 0 Å². The Labute approximate surface area is 213 Å². The number of Topliss-reactive ketones (excluding diaryl/α,β-unsaturated/α-hetero) is 1. The number of hydrogen-bond donors (Lipinski definition) is 0. The van der Waals surface area contributed by atoms with Crippen molar-refractivity contribution in [2.75, 3.05) is 18.0 Å². The summed E-state index contributed by atoms with van der Waals surface area (Å²) >= 11 is 0. The summed E-state index contributed by atoms with van der Waals surface area (Å²) in [5.74, 6) is -0.839. The highest BCUT2D eigenvalue weighted by Gasteiger charge is 2.47. The largest absolute Gasteiger partial charge is 0.459 e. The summed E-state index contributed by atoms with van der Waals surface area (Å²) in [6.45, 7) is 1.72. The molecule has 2 aromatic carbocycles. The van der Waals surface area contributed by atoms with E-state index in [0.717, 1.165) is 68.2 Å². The summed E-state index contributed by atoms with van der Waals surface area (Å²) in [5.41, 5.74) is 2.17. The van der Waals surface area contributed by atoms with Gasteiger partial charge in [-0.15, -0.1) is 0 Å². The van der Waals surface area contributed by atoms with Crippen molar-refractivity contribution < 1.29 is 19.1 Å². The Balaban J connectivity index is 1.33. The van der Waals surface area contributed by atoms with E-state index in [4.69, 9.17) is 4.74 Å². The number of ketones is 1. The molecule has 1 saturated carbocycles. The van der Waals surface area contributed by atoms with E-state index in [9.17, 15) is 14.4 Å². The van der Waals surface area contributed by atoms with Gasteiger partial charge in [0.1, 0.15) is 12.1 Å². The van der Waals surface area contributed by atoms with Gasteiger partial charge in [-0.3, -0.25) is 19.3 Å². The molecule has 0 aromatic heterocycles. The number of esters is 1. The Morgan fingerprint density at radius 3 is 2.22 bits per heavy atom. The van der Waals surface area contributed by atoms with Gasteiger partial charge in [0.15, 0.2) is 0 Å². The summed E-state index contributed by atoms with van der Waals surface area (Å²) in [7, 11) is 0. The molecule has 0 N–H and O–H groups in total. The lowest BCUT2D eigenvalue weighted by atomic mass is 9.80. The van der Waals surface area contributed by atoms with Crippen LogP contribution < -0.4 is 4.90 Å². The maximum Gasteiger partial charge on any atom is 0.326 e. The van der Waals surface area contributed by atoms with Crippen molar-refractivity contribution in [1.82, 2.24) is 4.90 Å². The van der Waals surface area contributed by atoms with E-state index in [0.29, 0.717) is 19.7 Å². The van der Waals surface area contributed by atoms with Crippen molar-refractivity contribution in [3.8, 4) is 0 Å². The summed E-state index contributed by atoms with van der Waals surface area (Å²) in [6, 6.07) is 17.6. The smallest absolute Gasteiger partial charge is 0.326 e. The number of fused-ring (bicyclic) bond motifs is 1. The van der Waals surface area contributed by atoms with Crippen molar-refractivity contribution in [1.29, 1.82) is 0 Å². The van der Waals surface area contributed by atoms with Crippen LogP contribution in [0.25, 0.3) is 0 Å². The fourth-order valence-corrected chi connectivity index (χ4v) is 6.30. The number of carbonyl (C=O) groups excluding carboxylic acids is 3. The Morgan fingerprint density at radius 1 is 0.861 bits per heavy atom. The van der Waals surface area contributed by atoms with Gasteiger partial charge in [0, 0.05) is 31.2 Å². The summed E-state index contributed by atoms with van der Waals surface area (Å²) in [4.78, 5) is 43.2. The van der Waals surface area contributed by atoms with Gasteiger partial charge in [-0.25, -0.2) is 0 Å². The molecular formula is C30H36N2O4. The molecule has 3 aliphatic rings. The Hall–Kier alpha value is -2.99. The molecule has 0 atom stereocenters. The Kier molecular flexibility index (Phi) is 7.51. The highest BCUT2D eigenvalue weighted by atomic mass is 16.5. The maximum atomic E-state index is 13.7. The number of hydrogen-bond acceptors (Lipinski definition) is 5. The average Bonchev–Trinajstić information content (AvgIpc) is 2.89. The molecule has 0 spiro atoms. The number of ether oxygens (including phenoxy) is 1. The quantitative estimate of drug-likeness (QED) is 0.445. The van der Waals surface area contributed by atoms with E-state index < -0.39 is 11.4 Å². The Morgan fingerprint density at radius 2 is 1.50 bits per heavy atom. The lowest BCUT2D eigenvalue weighted by molar-refractivity contribution is -0.163. The van der Waals surface area contributed by atoms with Gasteiger partial charge in [0.25, 0.3) is 5.91 Å². The molecule has 1 saturated heterocycles. The minimum atomic E-state index is -0.611. The SMILES string of the molecule is O=C1Cc2ccccc2N(C2CCN(C3(C(=O)OCc4ccccc4)CCCCCCC3)CC2)C1=O. The summed E-state index contributed by atoms with van der Waals surface area (Å²) in [6.07, 6.45) is 8.84. The average molecular weight is 489 g/mol. The third-order valence-corrected chi connectivity index (χ3v) is 8.27. The van der Waals surface area contributed by atoms with Crippen LogP contribution in [0.1, 0.15) is 68.9 Å². The molecule has 0 unspecified atom stereocenters. The van der Waals surface area contributed by atoms with Gasteiger partial charge in [-0.05, 0) is 42.9 Å². The number of benzene rings is 2. The van der Waals surface area contributed by atoms with Gasteiger partial charge >= 0.3 is 5.97 Å². The number of piperidine rings is 1. The van der Waals surface area contributed by atoms with Crippen LogP contribution in [0.2, 0.25) is 0 Å². The van der Waals surface area contributed by atoms with Crippen molar-refractivity contribution >= 4 is 23.3 Å². The maximum absolute atomic E-state index is 13.7. The van der Waals surface area contributed by atoms with E-state index in [1.54, 1.807) is 4.90 Å². The molecule has 0 bridgehead atoms. The molecule has 6 heteroatoms. The zero-order valence-electron chi connectivity index (χ0n) is 21.0. The minimum Gasteiger partial charge on any atom is -0.459 e. The second kappa shape index (κ2) is 11.0. The van der Waals surface area contributed by atoms with Crippen LogP contribution in [-0.4, -0.2) is 47.2 Å². The molecule has 1 amide bonds. The number of amides is 1. The fourth-order valence-electron chi connectivity index (χ4n) is 6.30. The van der Waals surface area contributed by atoms with E-state index in [-0.39, 0.29) is 24.2 Å². The van der Waals surface area contributed by atoms with Crippen molar-refractivity contribution in [2.24, 2.45) is 0 Å². The van der Waals surface area contributed by atoms with Crippen molar-refractivity contribution in [3.63, 3.8) is 0 Å². The van der Waals surface area contributed by atoms with Crippen LogP contribution in [0.4, 0.5) is 5.69 Å². The molecule has 2 aliphatic heterocycles. The molecule has 36 heavy (non-hydrogen) atoms. The predicted molar refractivity (Wildman–Crippen MR) is 139 cm³/mol. The number of anilines is 1. The zero-order valence-corrected chi connectivity index (χ0v) is 21.0. The molecule has 5 rings (SSSR count). The molecule has 1 aliphatic carbocycles. The van der Waals surface area contributed by atoms with Crippen LogP contribution in [0.3, 0.4) is 0 Å². The van der Waals surface area contributed by atoms with Crippen LogP contribution >= 0.6 is 0 Å². The lowest BCUT2D eigenvalue weighted by Gasteiger charge is -2.48. The lowest BCUT2D eigenvalue weighted by Crippen LogP contribution is -2.60. The van der Waals surface area contributed by atoms with Crippen LogP contribution in [0.5, 0.6) is 0 Å². The molecular weight excluding hydrogens is 452 g/mol. The molecule has 0 radical (unpaired) electrons. The summed E-state index contributed by atoms with van der Waals surface area (Å²) in [5, 5.41) is 0. The van der Waals surface area contributed by atoms with E-state index in [2.05, 4.69) is 4.90 Å². The number of nitrogens with zero attached hydrogens (tertiary/aromatic N) is 2. The van der Waals surface area contributed by atoms with Gasteiger partial charge in [0.2, 0.25) is 5.78 Å². The Bertz CT molecular complexity index is 1080. The summed E-state index contributed by atoms with van der Waals surface area (Å²) < 4.78 is 5.95. The zero-order chi connectivity index (χ0) is 25.0. The van der Waals surface area contributed by atoms with Crippen molar-refractivity contribution in [2.45, 2.75) is 82.4 Å². The van der Waals surface area contributed by atoms with Gasteiger partial charge in [-0.1, -0.05) is 80.6 Å². The van der Waals surface area contributed by atoms with Crippen LogP contribution in [0.15, 0.2) is 54.6 Å². The fraction of sp³-hybridized carbons (Fsp3) is 0.500. The molecule has 6 nitrogen and oxygen atoms in total. The molecule has 190 valence electrons. The highest BCUT2D eigenvalue weighted by molar-refractivity contribution is 6.43. The third-order valence-electron chi connectivity index (χ3n) is 8.27. The highest BCUT2D eigenvalue weighted by Crippen LogP contribution is 2.38. The molecule has 2 aromatic rings. The van der Waals surface area contributed by atoms with Crippen LogP contribution in [-0.2, 0) is 32.1 Å². The first-order valence-electron chi connectivity index (χ1n) is 13.5. The first-order valence-corrected chi connectivity index (χ1v) is 13.5. The van der Waals surface area contributed by atoms with Gasteiger partial charge < -0.3 is 9.64 Å². The topological polar surface area (TPSA) is 66.9 Å². The van der Waals surface area contributed by atoms with Crippen LogP contribution in [0, 0.1) is 0 Å². The number of carbonyl (C=O) groups is 3. The first kappa shape index (κ1) is 24.7. The normalized spacial score (nSPS) is 21.4. The number of likely N-dealkylation sites (tertiary alicyclic amines) is 1. The van der Waals surface area contributed by atoms with E-state index >= 15 is 0 Å². The molecule has 2 heterocycles. The van der Waals surface area contributed by atoms with Gasteiger partial charge in [0.05, 0.1) is 0 Å². The standard InChI is InChI=1S/C30H36N2O4/c33-27-21-24-13-7-8-14-26(24)32(28(27)34)25-15-19-31(20-16-25)30(17-9-2-1-3-10-18-30)29(35)36-22-23-11-5-4-6-12-23/h4-8,11-14,25H,1-3,9-10,15-22H2.